The number of benzene rings is 1. The van der Waals surface area contributed by atoms with Crippen molar-refractivity contribution < 1.29 is 9.53 Å². The van der Waals surface area contributed by atoms with E-state index in [1.54, 1.807) is 18.2 Å². The van der Waals surface area contributed by atoms with E-state index in [1.165, 1.54) is 0 Å². The van der Waals surface area contributed by atoms with Crippen molar-refractivity contribution in [2.45, 2.75) is 6.92 Å². The number of rotatable bonds is 4. The fourth-order valence-corrected chi connectivity index (χ4v) is 1.04. The summed E-state index contributed by atoms with van der Waals surface area (Å²) in [6.07, 6.45) is 0. The van der Waals surface area contributed by atoms with Crippen LogP contribution in [0.5, 0.6) is 5.75 Å². The molecule has 0 bridgehead atoms. The zero-order valence-corrected chi connectivity index (χ0v) is 7.62. The summed E-state index contributed by atoms with van der Waals surface area (Å²) in [5.74, 6) is 0.642. The van der Waals surface area contributed by atoms with Crippen LogP contribution in [0, 0.1) is 0 Å². The van der Waals surface area contributed by atoms with E-state index in [2.05, 4.69) is 0 Å². The summed E-state index contributed by atoms with van der Waals surface area (Å²) in [5.41, 5.74) is 5.84. The Labute approximate surface area is 77.5 Å². The second-order valence-electron chi connectivity index (χ2n) is 2.59. The summed E-state index contributed by atoms with van der Waals surface area (Å²) in [6, 6.07) is 7.04. The molecule has 2 N–H and O–H groups in total. The van der Waals surface area contributed by atoms with Crippen molar-refractivity contribution in [3.05, 3.63) is 29.8 Å². The molecule has 1 aromatic carbocycles. The summed E-state index contributed by atoms with van der Waals surface area (Å²) in [6.45, 7) is 2.53. The van der Waals surface area contributed by atoms with Crippen LogP contribution in [0.15, 0.2) is 24.3 Å². The van der Waals surface area contributed by atoms with Crippen molar-refractivity contribution in [1.82, 2.24) is 0 Å². The molecule has 3 heteroatoms. The van der Waals surface area contributed by atoms with E-state index < -0.39 is 0 Å². The van der Waals surface area contributed by atoms with Gasteiger partial charge in [-0.05, 0) is 19.1 Å². The Morgan fingerprint density at radius 1 is 1.54 bits per heavy atom. The van der Waals surface area contributed by atoms with Crippen LogP contribution in [0.25, 0.3) is 0 Å². The SMILES string of the molecule is CCOc1cccc(C(=O)CN)c1. The van der Waals surface area contributed by atoms with Crippen LogP contribution in [0.4, 0.5) is 0 Å². The second-order valence-corrected chi connectivity index (χ2v) is 2.59. The largest absolute Gasteiger partial charge is 0.494 e. The topological polar surface area (TPSA) is 52.3 Å². The summed E-state index contributed by atoms with van der Waals surface area (Å²) in [7, 11) is 0. The van der Waals surface area contributed by atoms with Crippen LogP contribution < -0.4 is 10.5 Å². The maximum Gasteiger partial charge on any atom is 0.176 e. The van der Waals surface area contributed by atoms with Crippen molar-refractivity contribution in [1.29, 1.82) is 0 Å². The Balaban J connectivity index is 2.85. The molecule has 0 unspecified atom stereocenters. The molecule has 0 spiro atoms. The fraction of sp³-hybridized carbons (Fsp3) is 0.300. The van der Waals surface area contributed by atoms with Gasteiger partial charge in [0.25, 0.3) is 0 Å². The minimum absolute atomic E-state index is 0.0373. The Kier molecular flexibility index (Phi) is 3.46. The number of carbonyl (C=O) groups is 1. The van der Waals surface area contributed by atoms with Gasteiger partial charge >= 0.3 is 0 Å². The zero-order valence-electron chi connectivity index (χ0n) is 7.62. The molecule has 0 heterocycles. The zero-order chi connectivity index (χ0) is 9.68. The molecule has 1 rings (SSSR count). The van der Waals surface area contributed by atoms with Gasteiger partial charge in [0.15, 0.2) is 5.78 Å². The van der Waals surface area contributed by atoms with E-state index in [-0.39, 0.29) is 12.3 Å². The van der Waals surface area contributed by atoms with E-state index in [0.717, 1.165) is 0 Å². The molecule has 1 aromatic rings. The van der Waals surface area contributed by atoms with Crippen molar-refractivity contribution in [3.8, 4) is 5.75 Å². The third-order valence-electron chi connectivity index (χ3n) is 1.65. The first kappa shape index (κ1) is 9.74. The van der Waals surface area contributed by atoms with Crippen molar-refractivity contribution in [2.75, 3.05) is 13.2 Å². The summed E-state index contributed by atoms with van der Waals surface area (Å²) >= 11 is 0. The van der Waals surface area contributed by atoms with Crippen LogP contribution in [0.3, 0.4) is 0 Å². The second kappa shape index (κ2) is 4.62. The van der Waals surface area contributed by atoms with Crippen molar-refractivity contribution in [2.24, 2.45) is 5.73 Å². The van der Waals surface area contributed by atoms with Gasteiger partial charge in [-0.2, -0.15) is 0 Å². The average molecular weight is 179 g/mol. The number of ketones is 1. The predicted molar refractivity (Wildman–Crippen MR) is 51.0 cm³/mol. The van der Waals surface area contributed by atoms with Gasteiger partial charge in [-0.25, -0.2) is 0 Å². The molecular weight excluding hydrogens is 166 g/mol. The molecular formula is C10H13NO2. The normalized spacial score (nSPS) is 9.69. The first-order chi connectivity index (χ1) is 6.27. The predicted octanol–water partition coefficient (Wildman–Crippen LogP) is 1.23. The maximum absolute atomic E-state index is 11.2. The Morgan fingerprint density at radius 3 is 2.92 bits per heavy atom. The molecule has 70 valence electrons. The summed E-state index contributed by atoms with van der Waals surface area (Å²) < 4.78 is 5.25. The van der Waals surface area contributed by atoms with E-state index in [4.69, 9.17) is 10.5 Å². The smallest absolute Gasteiger partial charge is 0.176 e. The van der Waals surface area contributed by atoms with Gasteiger partial charge in [0.2, 0.25) is 0 Å². The standard InChI is InChI=1S/C10H13NO2/c1-2-13-9-5-3-4-8(6-9)10(12)7-11/h3-6H,2,7,11H2,1H3. The van der Waals surface area contributed by atoms with Gasteiger partial charge in [0.1, 0.15) is 5.75 Å². The first-order valence-electron chi connectivity index (χ1n) is 4.24. The van der Waals surface area contributed by atoms with Crippen LogP contribution in [0.1, 0.15) is 17.3 Å². The van der Waals surface area contributed by atoms with E-state index in [1.807, 2.05) is 13.0 Å². The summed E-state index contributed by atoms with van der Waals surface area (Å²) in [5, 5.41) is 0. The minimum atomic E-state index is -0.0680. The third kappa shape index (κ3) is 2.56. The van der Waals surface area contributed by atoms with Gasteiger partial charge in [0, 0.05) is 5.56 Å². The minimum Gasteiger partial charge on any atom is -0.494 e. The number of ether oxygens (including phenoxy) is 1. The molecule has 0 aromatic heterocycles. The molecule has 0 saturated carbocycles. The van der Waals surface area contributed by atoms with Crippen molar-refractivity contribution in [3.63, 3.8) is 0 Å². The number of hydrogen-bond donors (Lipinski definition) is 1. The highest BCUT2D eigenvalue weighted by atomic mass is 16.5. The van der Waals surface area contributed by atoms with Gasteiger partial charge in [-0.1, -0.05) is 12.1 Å². The van der Waals surface area contributed by atoms with Gasteiger partial charge in [0.05, 0.1) is 13.2 Å². The highest BCUT2D eigenvalue weighted by Gasteiger charge is 2.03. The number of Topliss-reactive ketones (excluding diaryl/α,β-unsaturated/α-hetero) is 1. The quantitative estimate of drug-likeness (QED) is 0.707. The van der Waals surface area contributed by atoms with Crippen LogP contribution in [-0.2, 0) is 0 Å². The highest BCUT2D eigenvalue weighted by Crippen LogP contribution is 2.13. The lowest BCUT2D eigenvalue weighted by Crippen LogP contribution is -2.13. The molecule has 0 fully saturated rings. The van der Waals surface area contributed by atoms with Crippen LogP contribution in [-0.4, -0.2) is 18.9 Å². The lowest BCUT2D eigenvalue weighted by atomic mass is 10.1. The molecule has 0 radical (unpaired) electrons. The molecule has 0 aliphatic carbocycles. The summed E-state index contributed by atoms with van der Waals surface area (Å²) in [4.78, 5) is 11.2. The molecule has 0 aliphatic rings. The Bertz CT molecular complexity index is 297. The van der Waals surface area contributed by atoms with E-state index >= 15 is 0 Å². The van der Waals surface area contributed by atoms with Gasteiger partial charge < -0.3 is 10.5 Å². The molecule has 13 heavy (non-hydrogen) atoms. The molecule has 0 aliphatic heterocycles. The lowest BCUT2D eigenvalue weighted by molar-refractivity contribution is 0.100. The highest BCUT2D eigenvalue weighted by molar-refractivity contribution is 5.97. The average Bonchev–Trinajstić information content (AvgIpc) is 2.18. The lowest BCUT2D eigenvalue weighted by Gasteiger charge is -2.03. The van der Waals surface area contributed by atoms with E-state index in [9.17, 15) is 4.79 Å². The number of carbonyl (C=O) groups excluding carboxylic acids is 1. The molecule has 3 nitrogen and oxygen atoms in total. The Morgan fingerprint density at radius 2 is 2.31 bits per heavy atom. The molecule has 0 saturated heterocycles. The molecule has 0 atom stereocenters. The third-order valence-corrected chi connectivity index (χ3v) is 1.65. The van der Waals surface area contributed by atoms with Crippen LogP contribution in [0.2, 0.25) is 0 Å². The van der Waals surface area contributed by atoms with Crippen LogP contribution >= 0.6 is 0 Å². The molecule has 0 amide bonds. The number of nitrogens with two attached hydrogens (primary N) is 1. The fourth-order valence-electron chi connectivity index (χ4n) is 1.04. The monoisotopic (exact) mass is 179 g/mol. The first-order valence-corrected chi connectivity index (χ1v) is 4.24. The van der Waals surface area contributed by atoms with E-state index in [0.29, 0.717) is 17.9 Å². The van der Waals surface area contributed by atoms with Gasteiger partial charge in [-0.15, -0.1) is 0 Å². The Hall–Kier alpha value is -1.35. The maximum atomic E-state index is 11.2. The van der Waals surface area contributed by atoms with Crippen molar-refractivity contribution >= 4 is 5.78 Å². The number of hydrogen-bond acceptors (Lipinski definition) is 3. The van der Waals surface area contributed by atoms with Gasteiger partial charge in [-0.3, -0.25) is 4.79 Å².